The number of carbonyl (C=O) groups excluding carboxylic acids is 1. The molecule has 2 aliphatic rings. The van der Waals surface area contributed by atoms with Crippen LogP contribution in [0.3, 0.4) is 0 Å². The van der Waals surface area contributed by atoms with Crippen molar-refractivity contribution in [2.24, 2.45) is 0 Å². The van der Waals surface area contributed by atoms with Gasteiger partial charge < -0.3 is 24.4 Å². The smallest absolute Gasteiger partial charge is 0.241 e. The first-order chi connectivity index (χ1) is 13.2. The van der Waals surface area contributed by atoms with Crippen molar-refractivity contribution in [1.29, 1.82) is 0 Å². The molecule has 0 aliphatic carbocycles. The highest BCUT2D eigenvalue weighted by molar-refractivity contribution is 5.81. The minimum Gasteiger partial charge on any atom is -0.457 e. The molecule has 2 aromatic rings. The molecular weight excluding hydrogens is 344 g/mol. The van der Waals surface area contributed by atoms with Crippen LogP contribution in [0.15, 0.2) is 54.6 Å². The molecule has 0 atom stereocenters. The molecule has 2 heterocycles. The first-order valence-electron chi connectivity index (χ1n) is 9.35. The Hall–Kier alpha value is -2.57. The number of carbonyl (C=O) groups is 1. The Bertz CT molecular complexity index is 748. The van der Waals surface area contributed by atoms with Crippen molar-refractivity contribution in [2.75, 3.05) is 38.2 Å². The van der Waals surface area contributed by atoms with Gasteiger partial charge in [-0.15, -0.1) is 0 Å². The molecule has 4 rings (SSSR count). The second-order valence-electron chi connectivity index (χ2n) is 6.78. The van der Waals surface area contributed by atoms with Crippen molar-refractivity contribution in [3.8, 4) is 11.5 Å². The van der Waals surface area contributed by atoms with Crippen molar-refractivity contribution in [2.45, 2.75) is 18.6 Å². The summed E-state index contributed by atoms with van der Waals surface area (Å²) in [6, 6.07) is 17.2. The van der Waals surface area contributed by atoms with Gasteiger partial charge in [-0.25, -0.2) is 0 Å². The predicted molar refractivity (Wildman–Crippen MR) is 102 cm³/mol. The van der Waals surface area contributed by atoms with Crippen LogP contribution in [0.1, 0.15) is 12.8 Å². The van der Waals surface area contributed by atoms with Crippen LogP contribution in [0.5, 0.6) is 11.5 Å². The van der Waals surface area contributed by atoms with E-state index in [4.69, 9.17) is 14.2 Å². The van der Waals surface area contributed by atoms with Crippen LogP contribution in [0, 0.1) is 0 Å². The van der Waals surface area contributed by atoms with Gasteiger partial charge in [0.25, 0.3) is 0 Å². The summed E-state index contributed by atoms with van der Waals surface area (Å²) in [5.74, 6) is 1.20. The molecule has 2 fully saturated rings. The number of piperidine rings is 1. The molecule has 0 unspecified atom stereocenters. The Kier molecular flexibility index (Phi) is 5.27. The Labute approximate surface area is 159 Å². The van der Waals surface area contributed by atoms with Crippen molar-refractivity contribution < 1.29 is 19.0 Å². The third kappa shape index (κ3) is 4.40. The summed E-state index contributed by atoms with van der Waals surface area (Å²) >= 11 is 0. The molecule has 1 N–H and O–H groups in total. The SMILES string of the molecule is O=C(CNc1ccc(Oc2ccccc2)cc1)N1CCC2(CC1)OCCO2. The fourth-order valence-electron chi connectivity index (χ4n) is 3.44. The number of likely N-dealkylation sites (tertiary alicyclic amines) is 1. The number of rotatable bonds is 5. The lowest BCUT2D eigenvalue weighted by atomic mass is 10.0. The van der Waals surface area contributed by atoms with E-state index in [1.54, 1.807) is 0 Å². The summed E-state index contributed by atoms with van der Waals surface area (Å²) in [5.41, 5.74) is 0.889. The zero-order chi connectivity index (χ0) is 18.5. The lowest BCUT2D eigenvalue weighted by molar-refractivity contribution is -0.187. The van der Waals surface area contributed by atoms with E-state index in [0.717, 1.165) is 30.0 Å². The van der Waals surface area contributed by atoms with E-state index in [-0.39, 0.29) is 12.5 Å². The van der Waals surface area contributed by atoms with Gasteiger partial charge in [-0.1, -0.05) is 18.2 Å². The number of ether oxygens (including phenoxy) is 3. The van der Waals surface area contributed by atoms with Gasteiger partial charge in [0.1, 0.15) is 11.5 Å². The monoisotopic (exact) mass is 368 g/mol. The molecule has 0 saturated carbocycles. The largest absolute Gasteiger partial charge is 0.457 e. The van der Waals surface area contributed by atoms with E-state index < -0.39 is 5.79 Å². The van der Waals surface area contributed by atoms with Crippen LogP contribution in [-0.4, -0.2) is 49.4 Å². The molecule has 2 saturated heterocycles. The number of anilines is 1. The maximum absolute atomic E-state index is 12.4. The minimum absolute atomic E-state index is 0.0902. The average molecular weight is 368 g/mol. The predicted octanol–water partition coefficient (Wildman–Crippen LogP) is 3.26. The van der Waals surface area contributed by atoms with Crippen molar-refractivity contribution in [1.82, 2.24) is 4.90 Å². The van der Waals surface area contributed by atoms with E-state index in [1.807, 2.05) is 59.5 Å². The number of para-hydroxylation sites is 1. The maximum atomic E-state index is 12.4. The van der Waals surface area contributed by atoms with Gasteiger partial charge in [0.05, 0.1) is 19.8 Å². The molecule has 2 aliphatic heterocycles. The molecular formula is C21H24N2O4. The van der Waals surface area contributed by atoms with Gasteiger partial charge in [0.2, 0.25) is 5.91 Å². The highest BCUT2D eigenvalue weighted by Crippen LogP contribution is 2.31. The molecule has 142 valence electrons. The van der Waals surface area contributed by atoms with Gasteiger partial charge in [-0.3, -0.25) is 4.79 Å². The fraction of sp³-hybridized carbons (Fsp3) is 0.381. The van der Waals surface area contributed by atoms with E-state index >= 15 is 0 Å². The highest BCUT2D eigenvalue weighted by atomic mass is 16.7. The van der Waals surface area contributed by atoms with E-state index in [9.17, 15) is 4.79 Å². The molecule has 27 heavy (non-hydrogen) atoms. The first-order valence-corrected chi connectivity index (χ1v) is 9.35. The Morgan fingerprint density at radius 3 is 2.26 bits per heavy atom. The number of hydrogen-bond acceptors (Lipinski definition) is 5. The summed E-state index contributed by atoms with van der Waals surface area (Å²) in [5, 5.41) is 3.18. The Balaban J connectivity index is 1.24. The summed E-state index contributed by atoms with van der Waals surface area (Å²) in [6.45, 7) is 2.92. The van der Waals surface area contributed by atoms with Gasteiger partial charge in [0.15, 0.2) is 5.79 Å². The third-order valence-electron chi connectivity index (χ3n) is 4.97. The third-order valence-corrected chi connectivity index (χ3v) is 4.97. The Morgan fingerprint density at radius 2 is 1.59 bits per heavy atom. The molecule has 2 aromatic carbocycles. The second-order valence-corrected chi connectivity index (χ2v) is 6.78. The van der Waals surface area contributed by atoms with Gasteiger partial charge in [-0.05, 0) is 36.4 Å². The number of nitrogens with zero attached hydrogens (tertiary/aromatic N) is 1. The van der Waals surface area contributed by atoms with Gasteiger partial charge in [0, 0.05) is 31.6 Å². The number of hydrogen-bond donors (Lipinski definition) is 1. The zero-order valence-electron chi connectivity index (χ0n) is 15.2. The van der Waals surface area contributed by atoms with E-state index in [0.29, 0.717) is 26.3 Å². The van der Waals surface area contributed by atoms with E-state index in [2.05, 4.69) is 5.32 Å². The fourth-order valence-corrected chi connectivity index (χ4v) is 3.44. The van der Waals surface area contributed by atoms with Gasteiger partial charge >= 0.3 is 0 Å². The molecule has 0 radical (unpaired) electrons. The van der Waals surface area contributed by atoms with Gasteiger partial charge in [-0.2, -0.15) is 0 Å². The molecule has 0 bridgehead atoms. The number of nitrogens with one attached hydrogen (secondary N) is 1. The second kappa shape index (κ2) is 7.98. The highest BCUT2D eigenvalue weighted by Gasteiger charge is 2.40. The summed E-state index contributed by atoms with van der Waals surface area (Å²) in [6.07, 6.45) is 1.48. The quantitative estimate of drug-likeness (QED) is 0.878. The minimum atomic E-state index is -0.446. The zero-order valence-corrected chi connectivity index (χ0v) is 15.2. The number of benzene rings is 2. The summed E-state index contributed by atoms with van der Waals surface area (Å²) in [7, 11) is 0. The molecule has 0 aromatic heterocycles. The lowest BCUT2D eigenvalue weighted by Gasteiger charge is -2.37. The van der Waals surface area contributed by atoms with Crippen molar-refractivity contribution in [3.05, 3.63) is 54.6 Å². The van der Waals surface area contributed by atoms with Crippen LogP contribution in [0.25, 0.3) is 0 Å². The normalized spacial score (nSPS) is 18.4. The van der Waals surface area contributed by atoms with Crippen molar-refractivity contribution in [3.63, 3.8) is 0 Å². The maximum Gasteiger partial charge on any atom is 0.241 e. The average Bonchev–Trinajstić information content (AvgIpc) is 3.16. The topological polar surface area (TPSA) is 60.0 Å². The van der Waals surface area contributed by atoms with Crippen molar-refractivity contribution >= 4 is 11.6 Å². The number of amides is 1. The van der Waals surface area contributed by atoms with Crippen LogP contribution in [-0.2, 0) is 14.3 Å². The summed E-state index contributed by atoms with van der Waals surface area (Å²) < 4.78 is 17.2. The standard InChI is InChI=1S/C21H24N2O4/c24-20(23-12-10-21(11-13-23)25-14-15-26-21)16-22-17-6-8-19(9-7-17)27-18-4-2-1-3-5-18/h1-9,22H,10-16H2. The van der Waals surface area contributed by atoms with Crippen LogP contribution >= 0.6 is 0 Å². The molecule has 6 heteroatoms. The van der Waals surface area contributed by atoms with Crippen LogP contribution in [0.4, 0.5) is 5.69 Å². The Morgan fingerprint density at radius 1 is 0.963 bits per heavy atom. The lowest BCUT2D eigenvalue weighted by Crippen LogP contribution is -2.48. The first kappa shape index (κ1) is 17.8. The molecule has 6 nitrogen and oxygen atoms in total. The molecule has 1 amide bonds. The van der Waals surface area contributed by atoms with Crippen LogP contribution < -0.4 is 10.1 Å². The molecule has 1 spiro atoms. The van der Waals surface area contributed by atoms with E-state index in [1.165, 1.54) is 0 Å². The van der Waals surface area contributed by atoms with Crippen LogP contribution in [0.2, 0.25) is 0 Å². The summed E-state index contributed by atoms with van der Waals surface area (Å²) in [4.78, 5) is 14.3.